The molecule has 3 aromatic heterocycles. The van der Waals surface area contributed by atoms with Crippen molar-refractivity contribution in [3.05, 3.63) is 46.9 Å². The molecular weight excluding hydrogens is 424 g/mol. The van der Waals surface area contributed by atoms with Crippen molar-refractivity contribution in [1.82, 2.24) is 24.9 Å². The van der Waals surface area contributed by atoms with Gasteiger partial charge in [0.1, 0.15) is 5.15 Å². The van der Waals surface area contributed by atoms with Crippen LogP contribution in [0, 0.1) is 13.8 Å². The zero-order valence-electron chi connectivity index (χ0n) is 16.5. The first-order valence-electron chi connectivity index (χ1n) is 8.76. The van der Waals surface area contributed by atoms with Gasteiger partial charge < -0.3 is 16.8 Å². The van der Waals surface area contributed by atoms with Crippen LogP contribution in [0.1, 0.15) is 18.3 Å². The Bertz CT molecular complexity index is 1160. The highest BCUT2D eigenvalue weighted by Gasteiger charge is 2.08. The molecule has 9 nitrogen and oxygen atoms in total. The molecule has 0 aliphatic heterocycles. The molecule has 11 heteroatoms. The maximum absolute atomic E-state index is 11.1. The fourth-order valence-electron chi connectivity index (χ4n) is 2.58. The van der Waals surface area contributed by atoms with Gasteiger partial charge in [0.2, 0.25) is 17.8 Å². The molecule has 0 spiro atoms. The van der Waals surface area contributed by atoms with Gasteiger partial charge in [-0.25, -0.2) is 24.9 Å². The molecule has 0 saturated heterocycles. The Balaban J connectivity index is 0.000000239. The smallest absolute Gasteiger partial charge is 0.223 e. The molecule has 0 bridgehead atoms. The van der Waals surface area contributed by atoms with E-state index in [4.69, 9.17) is 23.1 Å². The zero-order valence-corrected chi connectivity index (χ0v) is 18.0. The van der Waals surface area contributed by atoms with Crippen LogP contribution in [0.5, 0.6) is 0 Å². The number of aromatic nitrogens is 5. The van der Waals surface area contributed by atoms with E-state index in [1.807, 2.05) is 38.1 Å². The quantitative estimate of drug-likeness (QED) is 0.399. The number of nitrogens with zero attached hydrogens (tertiary/aromatic N) is 5. The van der Waals surface area contributed by atoms with Gasteiger partial charge in [-0.15, -0.1) is 0 Å². The van der Waals surface area contributed by atoms with E-state index in [9.17, 15) is 4.79 Å². The standard InChI is InChI=1S/C14H13N5OS.C5H6ClN3/c1-7-5-11(18-13(15)16-7)9-3-4-10-12(6-9)21-14(19-10)17-8(2)20;1-3-2-4(6)9-5(7)8-3/h3-6H,1-2H3,(H2,15,16,18)(H,17,19,20);2H,1H3,(H2,7,8,9). The Labute approximate surface area is 181 Å². The van der Waals surface area contributed by atoms with E-state index in [-0.39, 0.29) is 17.8 Å². The zero-order chi connectivity index (χ0) is 21.8. The first-order valence-corrected chi connectivity index (χ1v) is 9.95. The number of aryl methyl sites for hydroxylation is 2. The number of anilines is 3. The molecule has 0 radical (unpaired) electrons. The molecular formula is C19H19ClN8OS. The molecule has 1 amide bonds. The number of nitrogen functional groups attached to an aromatic ring is 2. The average Bonchev–Trinajstić information content (AvgIpc) is 3.00. The third-order valence-electron chi connectivity index (χ3n) is 3.68. The number of hydrogen-bond acceptors (Lipinski definition) is 9. The maximum atomic E-state index is 11.1. The molecule has 5 N–H and O–H groups in total. The lowest BCUT2D eigenvalue weighted by molar-refractivity contribution is -0.114. The number of nitrogens with two attached hydrogens (primary N) is 2. The second-order valence-corrected chi connectivity index (χ2v) is 7.74. The highest BCUT2D eigenvalue weighted by Crippen LogP contribution is 2.30. The summed E-state index contributed by atoms with van der Waals surface area (Å²) in [5, 5.41) is 3.67. The summed E-state index contributed by atoms with van der Waals surface area (Å²) in [7, 11) is 0. The summed E-state index contributed by atoms with van der Waals surface area (Å²) < 4.78 is 0.978. The summed E-state index contributed by atoms with van der Waals surface area (Å²) in [6, 6.07) is 9.35. The fourth-order valence-corrected chi connectivity index (χ4v) is 3.78. The first-order chi connectivity index (χ1) is 14.2. The minimum absolute atomic E-state index is 0.131. The van der Waals surface area contributed by atoms with Gasteiger partial charge >= 0.3 is 0 Å². The molecule has 0 fully saturated rings. The number of hydrogen-bond donors (Lipinski definition) is 3. The van der Waals surface area contributed by atoms with Crippen LogP contribution in [-0.4, -0.2) is 30.8 Å². The van der Waals surface area contributed by atoms with Gasteiger partial charge in [-0.1, -0.05) is 29.0 Å². The normalized spacial score (nSPS) is 10.4. The van der Waals surface area contributed by atoms with E-state index in [0.29, 0.717) is 10.3 Å². The third kappa shape index (κ3) is 5.58. The molecule has 0 aliphatic rings. The molecule has 0 unspecified atom stereocenters. The van der Waals surface area contributed by atoms with Crippen LogP contribution in [0.25, 0.3) is 21.5 Å². The van der Waals surface area contributed by atoms with Crippen molar-refractivity contribution in [2.24, 2.45) is 0 Å². The Morgan fingerprint density at radius 1 is 0.967 bits per heavy atom. The Hall–Kier alpha value is -3.37. The third-order valence-corrected chi connectivity index (χ3v) is 4.81. The van der Waals surface area contributed by atoms with Gasteiger partial charge in [0.05, 0.1) is 15.9 Å². The molecule has 0 atom stereocenters. The van der Waals surface area contributed by atoms with E-state index in [1.54, 1.807) is 6.07 Å². The second-order valence-electron chi connectivity index (χ2n) is 6.33. The Morgan fingerprint density at radius 2 is 1.63 bits per heavy atom. The van der Waals surface area contributed by atoms with Crippen LogP contribution < -0.4 is 16.8 Å². The van der Waals surface area contributed by atoms with E-state index >= 15 is 0 Å². The van der Waals surface area contributed by atoms with Crippen molar-refractivity contribution in [3.63, 3.8) is 0 Å². The number of carbonyl (C=O) groups is 1. The molecule has 3 heterocycles. The highest BCUT2D eigenvalue weighted by molar-refractivity contribution is 7.22. The predicted molar refractivity (Wildman–Crippen MR) is 120 cm³/mol. The summed E-state index contributed by atoms with van der Waals surface area (Å²) >= 11 is 6.94. The SMILES string of the molecule is CC(=O)Nc1nc2ccc(-c3cc(C)nc(N)n3)cc2s1.Cc1cc(Cl)nc(N)n1. The van der Waals surface area contributed by atoms with Gasteiger partial charge in [-0.3, -0.25) is 4.79 Å². The van der Waals surface area contributed by atoms with Crippen molar-refractivity contribution in [1.29, 1.82) is 0 Å². The Kier molecular flexibility index (Phi) is 6.38. The summed E-state index contributed by atoms with van der Waals surface area (Å²) in [5.74, 6) is 0.349. The van der Waals surface area contributed by atoms with Crippen LogP contribution in [0.15, 0.2) is 30.3 Å². The topological polar surface area (TPSA) is 146 Å². The molecule has 0 saturated carbocycles. The Morgan fingerprint density at radius 3 is 2.23 bits per heavy atom. The van der Waals surface area contributed by atoms with E-state index in [2.05, 4.69) is 30.2 Å². The van der Waals surface area contributed by atoms with Crippen molar-refractivity contribution >= 4 is 56.1 Å². The molecule has 4 rings (SSSR count). The molecule has 30 heavy (non-hydrogen) atoms. The highest BCUT2D eigenvalue weighted by atomic mass is 35.5. The van der Waals surface area contributed by atoms with Crippen LogP contribution in [0.4, 0.5) is 17.0 Å². The monoisotopic (exact) mass is 442 g/mol. The van der Waals surface area contributed by atoms with Crippen molar-refractivity contribution in [2.45, 2.75) is 20.8 Å². The number of nitrogens with one attached hydrogen (secondary N) is 1. The number of amides is 1. The van der Waals surface area contributed by atoms with Gasteiger partial charge in [0.15, 0.2) is 5.13 Å². The van der Waals surface area contributed by atoms with Crippen LogP contribution in [-0.2, 0) is 4.79 Å². The first kappa shape index (κ1) is 21.3. The number of benzene rings is 1. The summed E-state index contributed by atoms with van der Waals surface area (Å²) in [6.07, 6.45) is 0. The largest absolute Gasteiger partial charge is 0.368 e. The summed E-state index contributed by atoms with van der Waals surface area (Å²) in [4.78, 5) is 31.2. The van der Waals surface area contributed by atoms with Crippen LogP contribution in [0.2, 0.25) is 5.15 Å². The van der Waals surface area contributed by atoms with Gasteiger partial charge in [0.25, 0.3) is 0 Å². The number of rotatable bonds is 2. The minimum Gasteiger partial charge on any atom is -0.368 e. The van der Waals surface area contributed by atoms with Gasteiger partial charge in [0, 0.05) is 23.9 Å². The number of fused-ring (bicyclic) bond motifs is 1. The predicted octanol–water partition coefficient (Wildman–Crippen LogP) is 3.62. The van der Waals surface area contributed by atoms with Crippen LogP contribution >= 0.6 is 22.9 Å². The van der Waals surface area contributed by atoms with Crippen molar-refractivity contribution in [2.75, 3.05) is 16.8 Å². The summed E-state index contributed by atoms with van der Waals surface area (Å²) in [6.45, 7) is 5.15. The fraction of sp³-hybridized carbons (Fsp3) is 0.158. The maximum Gasteiger partial charge on any atom is 0.223 e. The van der Waals surface area contributed by atoms with E-state index in [0.717, 1.165) is 32.9 Å². The second kappa shape index (κ2) is 8.97. The number of halogens is 1. The molecule has 154 valence electrons. The van der Waals surface area contributed by atoms with Crippen molar-refractivity contribution < 1.29 is 4.79 Å². The lowest BCUT2D eigenvalue weighted by atomic mass is 10.1. The number of carbonyl (C=O) groups excluding carboxylic acids is 1. The van der Waals surface area contributed by atoms with Crippen LogP contribution in [0.3, 0.4) is 0 Å². The summed E-state index contributed by atoms with van der Waals surface area (Å²) in [5.41, 5.74) is 15.1. The lowest BCUT2D eigenvalue weighted by Crippen LogP contribution is -2.04. The average molecular weight is 443 g/mol. The number of thiazole rings is 1. The lowest BCUT2D eigenvalue weighted by Gasteiger charge is -2.03. The van der Waals surface area contributed by atoms with E-state index in [1.165, 1.54) is 18.3 Å². The van der Waals surface area contributed by atoms with Gasteiger partial charge in [-0.05, 0) is 38.1 Å². The van der Waals surface area contributed by atoms with Gasteiger partial charge in [-0.2, -0.15) is 0 Å². The van der Waals surface area contributed by atoms with Crippen molar-refractivity contribution in [3.8, 4) is 11.3 Å². The molecule has 1 aromatic carbocycles. The molecule has 4 aromatic rings. The minimum atomic E-state index is -0.131. The van der Waals surface area contributed by atoms with E-state index < -0.39 is 0 Å². The molecule has 0 aliphatic carbocycles.